The van der Waals surface area contributed by atoms with E-state index in [0.717, 1.165) is 6.54 Å². The van der Waals surface area contributed by atoms with Gasteiger partial charge >= 0.3 is 0 Å². The third kappa shape index (κ3) is 19.9. The number of allylic oxidation sites excluding steroid dienone is 1. The van der Waals surface area contributed by atoms with Crippen molar-refractivity contribution in [1.29, 1.82) is 0 Å². The maximum absolute atomic E-state index is 2.46. The third-order valence-electron chi connectivity index (χ3n) is 4.65. The van der Waals surface area contributed by atoms with Crippen molar-refractivity contribution < 1.29 is 0 Å². The highest BCUT2D eigenvalue weighted by Gasteiger charge is 1.94. The second-order valence-corrected chi connectivity index (χ2v) is 6.64. The number of hydrogen-bond donors (Lipinski definition) is 0. The molecule has 0 heterocycles. The predicted octanol–water partition coefficient (Wildman–Crippen LogP) is 7.40. The van der Waals surface area contributed by atoms with Gasteiger partial charge in [0, 0.05) is 6.54 Å². The second-order valence-electron chi connectivity index (χ2n) is 6.64. The minimum absolute atomic E-state index is 0. The Labute approximate surface area is 153 Å². The first-order chi connectivity index (χ1) is 10.8. The highest BCUT2D eigenvalue weighted by Crippen LogP contribution is 2.12. The molecule has 0 saturated carbocycles. The van der Waals surface area contributed by atoms with Gasteiger partial charge in [0.25, 0.3) is 0 Å². The standard InChI is InChI=1S/C21H43N.ClH/c1-4-7-8-9-10-11-12-13-14-15-16-17-18-19-20-21-22(5-2)6-3;/h19-20H,4-18,21H2,1-3H3;1H. The topological polar surface area (TPSA) is 3.24 Å². The Morgan fingerprint density at radius 2 is 1.00 bits per heavy atom. The summed E-state index contributed by atoms with van der Waals surface area (Å²) in [7, 11) is 0. The van der Waals surface area contributed by atoms with E-state index in [9.17, 15) is 0 Å². The van der Waals surface area contributed by atoms with Crippen molar-refractivity contribution in [3.63, 3.8) is 0 Å². The average Bonchev–Trinajstić information content (AvgIpc) is 2.55. The monoisotopic (exact) mass is 345 g/mol. The molecule has 0 aliphatic rings. The summed E-state index contributed by atoms with van der Waals surface area (Å²) in [6, 6.07) is 0. The molecular weight excluding hydrogens is 302 g/mol. The lowest BCUT2D eigenvalue weighted by Gasteiger charge is -2.14. The summed E-state index contributed by atoms with van der Waals surface area (Å²) in [5, 5.41) is 0. The van der Waals surface area contributed by atoms with Gasteiger partial charge in [-0.25, -0.2) is 0 Å². The van der Waals surface area contributed by atoms with E-state index in [2.05, 4.69) is 37.8 Å². The van der Waals surface area contributed by atoms with Crippen LogP contribution in [0.1, 0.15) is 104 Å². The van der Waals surface area contributed by atoms with Crippen LogP contribution in [0.25, 0.3) is 0 Å². The zero-order valence-corrected chi connectivity index (χ0v) is 17.1. The molecule has 140 valence electrons. The van der Waals surface area contributed by atoms with E-state index < -0.39 is 0 Å². The molecule has 0 unspecified atom stereocenters. The van der Waals surface area contributed by atoms with Gasteiger partial charge < -0.3 is 4.90 Å². The molecule has 0 spiro atoms. The molecule has 0 fully saturated rings. The summed E-state index contributed by atoms with van der Waals surface area (Å²) in [6.45, 7) is 10.2. The Morgan fingerprint density at radius 3 is 1.43 bits per heavy atom. The minimum atomic E-state index is 0. The molecule has 0 atom stereocenters. The third-order valence-corrected chi connectivity index (χ3v) is 4.65. The fraction of sp³-hybridized carbons (Fsp3) is 0.905. The summed E-state index contributed by atoms with van der Waals surface area (Å²) in [4.78, 5) is 2.46. The lowest BCUT2D eigenvalue weighted by Crippen LogP contribution is -2.22. The van der Waals surface area contributed by atoms with E-state index in [1.807, 2.05) is 0 Å². The highest BCUT2D eigenvalue weighted by atomic mass is 35.5. The molecule has 0 aliphatic heterocycles. The van der Waals surface area contributed by atoms with Crippen LogP contribution < -0.4 is 0 Å². The molecule has 0 amide bonds. The van der Waals surface area contributed by atoms with Crippen LogP contribution >= 0.6 is 12.4 Å². The summed E-state index contributed by atoms with van der Waals surface area (Å²) in [5.41, 5.74) is 0. The van der Waals surface area contributed by atoms with Crippen molar-refractivity contribution in [2.45, 2.75) is 104 Å². The smallest absolute Gasteiger partial charge is 0.0162 e. The van der Waals surface area contributed by atoms with Crippen LogP contribution in [0.4, 0.5) is 0 Å². The fourth-order valence-electron chi connectivity index (χ4n) is 2.93. The average molecular weight is 346 g/mol. The van der Waals surface area contributed by atoms with Crippen LogP contribution in [0.3, 0.4) is 0 Å². The number of rotatable bonds is 17. The second kappa shape index (κ2) is 22.0. The number of nitrogens with zero attached hydrogens (tertiary/aromatic N) is 1. The van der Waals surface area contributed by atoms with Gasteiger partial charge in [-0.1, -0.05) is 104 Å². The zero-order chi connectivity index (χ0) is 16.3. The number of likely N-dealkylation sites (N-methyl/N-ethyl adjacent to an activating group) is 1. The maximum atomic E-state index is 2.46. The summed E-state index contributed by atoms with van der Waals surface area (Å²) in [6.07, 6.45) is 23.3. The van der Waals surface area contributed by atoms with Crippen LogP contribution in [0.15, 0.2) is 12.2 Å². The van der Waals surface area contributed by atoms with Gasteiger partial charge in [-0.05, 0) is 25.9 Å². The van der Waals surface area contributed by atoms with Gasteiger partial charge in [0.15, 0.2) is 0 Å². The lowest BCUT2D eigenvalue weighted by molar-refractivity contribution is 0.337. The zero-order valence-electron chi connectivity index (χ0n) is 16.3. The van der Waals surface area contributed by atoms with Crippen LogP contribution in [-0.4, -0.2) is 24.5 Å². The van der Waals surface area contributed by atoms with Crippen molar-refractivity contribution in [2.75, 3.05) is 19.6 Å². The normalized spacial score (nSPS) is 11.3. The minimum Gasteiger partial charge on any atom is -0.300 e. The number of halogens is 1. The molecule has 1 nitrogen and oxygen atoms in total. The Bertz CT molecular complexity index is 224. The van der Waals surface area contributed by atoms with Crippen LogP contribution in [0.5, 0.6) is 0 Å². The first-order valence-corrected chi connectivity index (χ1v) is 10.2. The molecule has 0 aromatic rings. The lowest BCUT2D eigenvalue weighted by atomic mass is 10.0. The van der Waals surface area contributed by atoms with Crippen molar-refractivity contribution in [2.24, 2.45) is 0 Å². The number of hydrogen-bond acceptors (Lipinski definition) is 1. The molecule has 0 aromatic heterocycles. The van der Waals surface area contributed by atoms with Crippen molar-refractivity contribution in [3.8, 4) is 0 Å². The first kappa shape index (κ1) is 25.2. The van der Waals surface area contributed by atoms with Crippen LogP contribution in [-0.2, 0) is 0 Å². The van der Waals surface area contributed by atoms with Gasteiger partial charge in [0.2, 0.25) is 0 Å². The van der Waals surface area contributed by atoms with Gasteiger partial charge in [0.1, 0.15) is 0 Å². The van der Waals surface area contributed by atoms with Crippen molar-refractivity contribution in [3.05, 3.63) is 12.2 Å². The molecule has 0 saturated heterocycles. The Kier molecular flexibility index (Phi) is 24.1. The van der Waals surface area contributed by atoms with Crippen LogP contribution in [0.2, 0.25) is 0 Å². The maximum Gasteiger partial charge on any atom is 0.0162 e. The predicted molar refractivity (Wildman–Crippen MR) is 110 cm³/mol. The molecule has 0 N–H and O–H groups in total. The molecule has 0 bridgehead atoms. The first-order valence-electron chi connectivity index (χ1n) is 10.2. The highest BCUT2D eigenvalue weighted by molar-refractivity contribution is 5.85. The SMILES string of the molecule is CCCCCCCCCCCCCCC=CCN(CC)CC.Cl. The van der Waals surface area contributed by atoms with E-state index in [1.165, 1.54) is 96.6 Å². The van der Waals surface area contributed by atoms with Gasteiger partial charge in [-0.15, -0.1) is 12.4 Å². The molecule has 0 rings (SSSR count). The molecule has 0 aliphatic carbocycles. The van der Waals surface area contributed by atoms with E-state index >= 15 is 0 Å². The Balaban J connectivity index is 0. The largest absolute Gasteiger partial charge is 0.300 e. The van der Waals surface area contributed by atoms with Crippen molar-refractivity contribution in [1.82, 2.24) is 4.90 Å². The van der Waals surface area contributed by atoms with E-state index in [-0.39, 0.29) is 12.4 Å². The van der Waals surface area contributed by atoms with E-state index in [0.29, 0.717) is 0 Å². The quantitative estimate of drug-likeness (QED) is 0.196. The molecule has 2 heteroatoms. The molecule has 23 heavy (non-hydrogen) atoms. The fourth-order valence-corrected chi connectivity index (χ4v) is 2.93. The van der Waals surface area contributed by atoms with Gasteiger partial charge in [-0.2, -0.15) is 0 Å². The van der Waals surface area contributed by atoms with Crippen molar-refractivity contribution >= 4 is 12.4 Å². The number of unbranched alkanes of at least 4 members (excludes halogenated alkanes) is 12. The van der Waals surface area contributed by atoms with Gasteiger partial charge in [0.05, 0.1) is 0 Å². The summed E-state index contributed by atoms with van der Waals surface area (Å²) >= 11 is 0. The van der Waals surface area contributed by atoms with E-state index in [4.69, 9.17) is 0 Å². The molecular formula is C21H44ClN. The molecule has 0 radical (unpaired) electrons. The van der Waals surface area contributed by atoms with Gasteiger partial charge in [-0.3, -0.25) is 0 Å². The molecule has 0 aromatic carbocycles. The van der Waals surface area contributed by atoms with Crippen LogP contribution in [0, 0.1) is 0 Å². The Hall–Kier alpha value is -0.0100. The summed E-state index contributed by atoms with van der Waals surface area (Å²) < 4.78 is 0. The Morgan fingerprint density at radius 1 is 0.565 bits per heavy atom. The summed E-state index contributed by atoms with van der Waals surface area (Å²) in [5.74, 6) is 0. The van der Waals surface area contributed by atoms with E-state index in [1.54, 1.807) is 0 Å².